The zero-order valence-electron chi connectivity index (χ0n) is 12.4. The molecule has 118 valence electrons. The highest BCUT2D eigenvalue weighted by molar-refractivity contribution is 6.54. The van der Waals surface area contributed by atoms with Crippen molar-refractivity contribution in [3.05, 3.63) is 53.1 Å². The summed E-state index contributed by atoms with van der Waals surface area (Å²) in [5.41, 5.74) is 0.800. The highest BCUT2D eigenvalue weighted by Gasteiger charge is 2.37. The summed E-state index contributed by atoms with van der Waals surface area (Å²) in [5.74, 6) is 0.278. The molecular formula is C17H14ClNO4. The van der Waals surface area contributed by atoms with Gasteiger partial charge in [0, 0.05) is 0 Å². The highest BCUT2D eigenvalue weighted by Crippen LogP contribution is 2.35. The van der Waals surface area contributed by atoms with Gasteiger partial charge in [0.1, 0.15) is 18.1 Å². The number of methoxy groups -OCH3 is 1. The Morgan fingerprint density at radius 3 is 2.43 bits per heavy atom. The number of hydrogen-bond acceptors (Lipinski definition) is 4. The monoisotopic (exact) mass is 331 g/mol. The molecule has 0 unspecified atom stereocenters. The zero-order valence-corrected chi connectivity index (χ0v) is 13.2. The molecule has 2 aromatic rings. The van der Waals surface area contributed by atoms with Gasteiger partial charge in [0.05, 0.1) is 29.9 Å². The Labute approximate surface area is 138 Å². The molecule has 6 heteroatoms. The lowest BCUT2D eigenvalue weighted by atomic mass is 10.1. The average molecular weight is 332 g/mol. The molecule has 2 aromatic carbocycles. The van der Waals surface area contributed by atoms with E-state index in [1.807, 2.05) is 0 Å². The van der Waals surface area contributed by atoms with Crippen LogP contribution in [0.1, 0.15) is 10.4 Å². The minimum atomic E-state index is -0.577. The Morgan fingerprint density at radius 2 is 1.74 bits per heavy atom. The summed E-state index contributed by atoms with van der Waals surface area (Å²) in [6.45, 7) is 0.489. The summed E-state index contributed by atoms with van der Waals surface area (Å²) in [7, 11) is 1.59. The standard InChI is InChI=1S/C17H14ClNO4/c1-22-11-5-7-12(8-6-11)23-10-9-19-15-13(16(20)17(19)21)3-2-4-14(15)18/h2-8H,9-10H2,1H3. The first-order valence-corrected chi connectivity index (χ1v) is 7.41. The number of para-hydroxylation sites is 1. The smallest absolute Gasteiger partial charge is 0.299 e. The zero-order chi connectivity index (χ0) is 16.4. The molecule has 0 radical (unpaired) electrons. The van der Waals surface area contributed by atoms with Crippen LogP contribution in [0.5, 0.6) is 11.5 Å². The normalized spacial score (nSPS) is 13.2. The number of rotatable bonds is 5. The van der Waals surface area contributed by atoms with Crippen LogP contribution < -0.4 is 14.4 Å². The molecule has 23 heavy (non-hydrogen) atoms. The molecule has 0 N–H and O–H groups in total. The quantitative estimate of drug-likeness (QED) is 0.790. The Bertz CT molecular complexity index is 758. The number of ether oxygens (including phenoxy) is 2. The van der Waals surface area contributed by atoms with Crippen molar-refractivity contribution < 1.29 is 19.1 Å². The van der Waals surface area contributed by atoms with Crippen molar-refractivity contribution in [3.8, 4) is 11.5 Å². The minimum Gasteiger partial charge on any atom is -0.497 e. The molecule has 0 spiro atoms. The second-order valence-electron chi connectivity index (χ2n) is 4.95. The first-order chi connectivity index (χ1) is 11.1. The van der Waals surface area contributed by atoms with Gasteiger partial charge in [-0.2, -0.15) is 0 Å². The van der Waals surface area contributed by atoms with E-state index >= 15 is 0 Å². The van der Waals surface area contributed by atoms with Gasteiger partial charge in [0.2, 0.25) is 0 Å². The number of fused-ring (bicyclic) bond motifs is 1. The van der Waals surface area contributed by atoms with E-state index in [0.717, 1.165) is 5.75 Å². The molecule has 0 saturated heterocycles. The van der Waals surface area contributed by atoms with E-state index < -0.39 is 11.7 Å². The van der Waals surface area contributed by atoms with Crippen LogP contribution in [0.4, 0.5) is 5.69 Å². The van der Waals surface area contributed by atoms with Crippen LogP contribution in [0.2, 0.25) is 5.02 Å². The fourth-order valence-electron chi connectivity index (χ4n) is 2.45. The van der Waals surface area contributed by atoms with Crippen molar-refractivity contribution in [2.45, 2.75) is 0 Å². The summed E-state index contributed by atoms with van der Waals surface area (Å²) < 4.78 is 10.7. The minimum absolute atomic E-state index is 0.243. The van der Waals surface area contributed by atoms with E-state index in [1.165, 1.54) is 4.90 Å². The lowest BCUT2D eigenvalue weighted by Gasteiger charge is -2.18. The van der Waals surface area contributed by atoms with Gasteiger partial charge in [-0.1, -0.05) is 17.7 Å². The van der Waals surface area contributed by atoms with Crippen LogP contribution in [0.15, 0.2) is 42.5 Å². The molecule has 0 aliphatic carbocycles. The van der Waals surface area contributed by atoms with E-state index in [1.54, 1.807) is 49.6 Å². The summed E-state index contributed by atoms with van der Waals surface area (Å²) in [6, 6.07) is 12.0. The maximum atomic E-state index is 12.1. The predicted octanol–water partition coefficient (Wildman–Crippen LogP) is 2.96. The van der Waals surface area contributed by atoms with Crippen molar-refractivity contribution in [2.75, 3.05) is 25.2 Å². The molecular weight excluding hydrogens is 318 g/mol. The van der Waals surface area contributed by atoms with E-state index in [-0.39, 0.29) is 13.2 Å². The van der Waals surface area contributed by atoms with Gasteiger partial charge in [-0.05, 0) is 36.4 Å². The molecule has 0 bridgehead atoms. The van der Waals surface area contributed by atoms with Crippen molar-refractivity contribution in [1.82, 2.24) is 0 Å². The molecule has 1 aliphatic rings. The van der Waals surface area contributed by atoms with Crippen LogP contribution >= 0.6 is 11.6 Å². The fourth-order valence-corrected chi connectivity index (χ4v) is 2.73. The number of carbonyl (C=O) groups excluding carboxylic acids is 2. The lowest BCUT2D eigenvalue weighted by molar-refractivity contribution is -0.114. The third-order valence-corrected chi connectivity index (χ3v) is 3.89. The van der Waals surface area contributed by atoms with Gasteiger partial charge >= 0.3 is 0 Å². The Balaban J connectivity index is 1.69. The maximum Gasteiger partial charge on any atom is 0.299 e. The lowest BCUT2D eigenvalue weighted by Crippen LogP contribution is -2.33. The molecule has 5 nitrogen and oxygen atoms in total. The number of benzene rings is 2. The SMILES string of the molecule is COc1ccc(OCCN2C(=O)C(=O)c3cccc(Cl)c32)cc1. The third kappa shape index (κ3) is 2.87. The van der Waals surface area contributed by atoms with Crippen LogP contribution in [-0.4, -0.2) is 32.0 Å². The van der Waals surface area contributed by atoms with E-state index in [2.05, 4.69) is 0 Å². The van der Waals surface area contributed by atoms with Gasteiger partial charge in [-0.15, -0.1) is 0 Å². The topological polar surface area (TPSA) is 55.8 Å². The van der Waals surface area contributed by atoms with Crippen LogP contribution in [0, 0.1) is 0 Å². The van der Waals surface area contributed by atoms with Gasteiger partial charge in [-0.3, -0.25) is 14.5 Å². The van der Waals surface area contributed by atoms with Gasteiger partial charge in [-0.25, -0.2) is 0 Å². The number of Topliss-reactive ketones (excluding diaryl/α,β-unsaturated/α-hetero) is 1. The summed E-state index contributed by atoms with van der Waals surface area (Å²) >= 11 is 6.12. The van der Waals surface area contributed by atoms with E-state index in [4.69, 9.17) is 21.1 Å². The van der Waals surface area contributed by atoms with Gasteiger partial charge in [0.15, 0.2) is 0 Å². The van der Waals surface area contributed by atoms with E-state index in [9.17, 15) is 9.59 Å². The number of ketones is 1. The first kappa shape index (κ1) is 15.4. The molecule has 0 fully saturated rings. The van der Waals surface area contributed by atoms with Crippen LogP contribution in [0.25, 0.3) is 0 Å². The summed E-state index contributed by atoms with van der Waals surface area (Å²) in [6.07, 6.45) is 0. The van der Waals surface area contributed by atoms with Crippen LogP contribution in [0.3, 0.4) is 0 Å². The second kappa shape index (κ2) is 6.30. The fraction of sp³-hybridized carbons (Fsp3) is 0.176. The maximum absolute atomic E-state index is 12.1. The molecule has 0 aromatic heterocycles. The van der Waals surface area contributed by atoms with Crippen LogP contribution in [-0.2, 0) is 4.79 Å². The number of nitrogens with zero attached hydrogens (tertiary/aromatic N) is 1. The van der Waals surface area contributed by atoms with Crippen molar-refractivity contribution in [1.29, 1.82) is 0 Å². The molecule has 0 saturated carbocycles. The number of hydrogen-bond donors (Lipinski definition) is 0. The average Bonchev–Trinajstić information content (AvgIpc) is 2.82. The van der Waals surface area contributed by atoms with Crippen molar-refractivity contribution >= 4 is 29.0 Å². The number of anilines is 1. The Hall–Kier alpha value is -2.53. The van der Waals surface area contributed by atoms with Crippen molar-refractivity contribution in [2.24, 2.45) is 0 Å². The highest BCUT2D eigenvalue weighted by atomic mass is 35.5. The first-order valence-electron chi connectivity index (χ1n) is 7.03. The summed E-state index contributed by atoms with van der Waals surface area (Å²) in [5, 5.41) is 0.381. The molecule has 1 heterocycles. The predicted molar refractivity (Wildman–Crippen MR) is 86.6 cm³/mol. The van der Waals surface area contributed by atoms with E-state index in [0.29, 0.717) is 22.0 Å². The molecule has 0 atom stereocenters. The Kier molecular flexibility index (Phi) is 4.21. The summed E-state index contributed by atoms with van der Waals surface area (Å²) in [4.78, 5) is 25.4. The second-order valence-corrected chi connectivity index (χ2v) is 5.35. The van der Waals surface area contributed by atoms with Gasteiger partial charge < -0.3 is 9.47 Å². The molecule has 1 aliphatic heterocycles. The largest absolute Gasteiger partial charge is 0.497 e. The molecule has 1 amide bonds. The third-order valence-electron chi connectivity index (χ3n) is 3.58. The number of carbonyl (C=O) groups is 2. The number of halogens is 1. The van der Waals surface area contributed by atoms with Crippen molar-refractivity contribution in [3.63, 3.8) is 0 Å². The van der Waals surface area contributed by atoms with Gasteiger partial charge in [0.25, 0.3) is 11.7 Å². The number of amides is 1. The molecule has 3 rings (SSSR count). The Morgan fingerprint density at radius 1 is 1.04 bits per heavy atom.